The van der Waals surface area contributed by atoms with Crippen molar-refractivity contribution in [3.8, 4) is 5.75 Å². The van der Waals surface area contributed by atoms with Crippen molar-refractivity contribution in [1.29, 1.82) is 0 Å². The van der Waals surface area contributed by atoms with Gasteiger partial charge in [0.1, 0.15) is 12.4 Å². The van der Waals surface area contributed by atoms with Gasteiger partial charge >= 0.3 is 0 Å². The number of nitrogens with one attached hydrogen (secondary N) is 2. The Hall–Kier alpha value is -1.10. The van der Waals surface area contributed by atoms with Crippen LogP contribution in [0.2, 0.25) is 0 Å². The van der Waals surface area contributed by atoms with E-state index in [0.29, 0.717) is 12.6 Å². The van der Waals surface area contributed by atoms with E-state index in [0.717, 1.165) is 31.8 Å². The monoisotopic (exact) mass is 236 g/mol. The molecule has 1 fully saturated rings. The molecule has 1 aliphatic heterocycles. The van der Waals surface area contributed by atoms with Crippen LogP contribution in [-0.2, 0) is 0 Å². The van der Waals surface area contributed by atoms with Crippen molar-refractivity contribution in [3.63, 3.8) is 0 Å². The minimum atomic E-state index is -0.424. The van der Waals surface area contributed by atoms with Gasteiger partial charge in [-0.25, -0.2) is 0 Å². The quantitative estimate of drug-likeness (QED) is 0.692. The molecule has 3 N–H and O–H groups in total. The van der Waals surface area contributed by atoms with Crippen LogP contribution in [0.25, 0.3) is 0 Å². The molecule has 0 aliphatic carbocycles. The van der Waals surface area contributed by atoms with Gasteiger partial charge < -0.3 is 20.5 Å². The average molecular weight is 236 g/mol. The van der Waals surface area contributed by atoms with Crippen LogP contribution in [0.1, 0.15) is 6.42 Å². The molecule has 94 valence electrons. The fourth-order valence-electron chi connectivity index (χ4n) is 1.99. The van der Waals surface area contributed by atoms with E-state index < -0.39 is 6.10 Å². The first-order chi connectivity index (χ1) is 8.34. The van der Waals surface area contributed by atoms with Gasteiger partial charge in [-0.05, 0) is 18.6 Å². The maximum atomic E-state index is 9.87. The van der Waals surface area contributed by atoms with Gasteiger partial charge in [-0.2, -0.15) is 0 Å². The summed E-state index contributed by atoms with van der Waals surface area (Å²) in [7, 11) is 0. The van der Waals surface area contributed by atoms with E-state index >= 15 is 0 Å². The normalized spacial score (nSPS) is 22.1. The highest BCUT2D eigenvalue weighted by atomic mass is 16.5. The van der Waals surface area contributed by atoms with E-state index in [2.05, 4.69) is 10.6 Å². The summed E-state index contributed by atoms with van der Waals surface area (Å²) in [6, 6.07) is 9.93. The predicted molar refractivity (Wildman–Crippen MR) is 67.2 cm³/mol. The highest BCUT2D eigenvalue weighted by Gasteiger charge is 2.16. The Morgan fingerprint density at radius 2 is 2.12 bits per heavy atom. The second-order valence-electron chi connectivity index (χ2n) is 4.37. The van der Waals surface area contributed by atoms with Gasteiger partial charge in [0.15, 0.2) is 0 Å². The van der Waals surface area contributed by atoms with E-state index in [-0.39, 0.29) is 0 Å². The van der Waals surface area contributed by atoms with Crippen molar-refractivity contribution in [1.82, 2.24) is 10.6 Å². The third-order valence-electron chi connectivity index (χ3n) is 2.87. The Balaban J connectivity index is 1.68. The molecular formula is C13H20N2O2. The summed E-state index contributed by atoms with van der Waals surface area (Å²) < 4.78 is 5.51. The maximum absolute atomic E-state index is 9.87. The fraction of sp³-hybridized carbons (Fsp3) is 0.538. The lowest BCUT2D eigenvalue weighted by molar-refractivity contribution is 0.0882. The zero-order valence-corrected chi connectivity index (χ0v) is 9.93. The van der Waals surface area contributed by atoms with Gasteiger partial charge in [-0.3, -0.25) is 0 Å². The Kier molecular flexibility index (Phi) is 4.79. The highest BCUT2D eigenvalue weighted by Crippen LogP contribution is 2.09. The minimum Gasteiger partial charge on any atom is -0.491 e. The van der Waals surface area contributed by atoms with E-state index in [1.165, 1.54) is 0 Å². The SMILES string of the molecule is OC(COc1ccccc1)CC1CNCCN1. The summed E-state index contributed by atoms with van der Waals surface area (Å²) >= 11 is 0. The van der Waals surface area contributed by atoms with E-state index in [9.17, 15) is 5.11 Å². The first-order valence-electron chi connectivity index (χ1n) is 6.14. The van der Waals surface area contributed by atoms with Gasteiger partial charge in [0.05, 0.1) is 6.10 Å². The standard InChI is InChI=1S/C13H20N2O2/c16-12(8-11-9-14-6-7-15-11)10-17-13-4-2-1-3-5-13/h1-5,11-12,14-16H,6-10H2. The highest BCUT2D eigenvalue weighted by molar-refractivity contribution is 5.20. The number of hydrogen-bond donors (Lipinski definition) is 3. The summed E-state index contributed by atoms with van der Waals surface area (Å²) in [6.07, 6.45) is 0.299. The maximum Gasteiger partial charge on any atom is 0.119 e. The molecule has 2 rings (SSSR count). The molecule has 0 saturated carbocycles. The number of aliphatic hydroxyl groups excluding tert-OH is 1. The molecular weight excluding hydrogens is 216 g/mol. The molecule has 0 aromatic heterocycles. The topological polar surface area (TPSA) is 53.5 Å². The molecule has 1 saturated heterocycles. The van der Waals surface area contributed by atoms with E-state index in [1.54, 1.807) is 0 Å². The van der Waals surface area contributed by atoms with Gasteiger partial charge in [0.2, 0.25) is 0 Å². The molecule has 1 aliphatic rings. The smallest absolute Gasteiger partial charge is 0.119 e. The summed E-state index contributed by atoms with van der Waals surface area (Å²) in [5, 5.41) is 16.5. The third kappa shape index (κ3) is 4.34. The molecule has 0 spiro atoms. The van der Waals surface area contributed by atoms with Crippen molar-refractivity contribution >= 4 is 0 Å². The number of piperazine rings is 1. The van der Waals surface area contributed by atoms with E-state index in [4.69, 9.17) is 4.74 Å². The lowest BCUT2D eigenvalue weighted by Gasteiger charge is -2.26. The molecule has 4 heteroatoms. The summed E-state index contributed by atoms with van der Waals surface area (Å²) in [5.74, 6) is 0.807. The second-order valence-corrected chi connectivity index (χ2v) is 4.37. The summed E-state index contributed by atoms with van der Waals surface area (Å²) in [5.41, 5.74) is 0. The van der Waals surface area contributed by atoms with Crippen molar-refractivity contribution in [2.45, 2.75) is 18.6 Å². The lowest BCUT2D eigenvalue weighted by atomic mass is 10.1. The number of benzene rings is 1. The van der Waals surface area contributed by atoms with Crippen LogP contribution in [0.5, 0.6) is 5.75 Å². The molecule has 2 unspecified atom stereocenters. The first-order valence-corrected chi connectivity index (χ1v) is 6.14. The zero-order valence-electron chi connectivity index (χ0n) is 9.93. The molecule has 1 aromatic rings. The van der Waals surface area contributed by atoms with Crippen LogP contribution in [0, 0.1) is 0 Å². The molecule has 1 aromatic carbocycles. The van der Waals surface area contributed by atoms with Crippen LogP contribution in [0.4, 0.5) is 0 Å². The van der Waals surface area contributed by atoms with Gasteiger partial charge in [-0.1, -0.05) is 18.2 Å². The van der Waals surface area contributed by atoms with Gasteiger partial charge in [0.25, 0.3) is 0 Å². The third-order valence-corrected chi connectivity index (χ3v) is 2.87. The Morgan fingerprint density at radius 3 is 2.82 bits per heavy atom. The molecule has 4 nitrogen and oxygen atoms in total. The van der Waals surface area contributed by atoms with Gasteiger partial charge in [0, 0.05) is 25.7 Å². The summed E-state index contributed by atoms with van der Waals surface area (Å²) in [4.78, 5) is 0. The molecule has 0 bridgehead atoms. The largest absolute Gasteiger partial charge is 0.491 e. The number of rotatable bonds is 5. The molecule has 0 amide bonds. The van der Waals surface area contributed by atoms with Crippen molar-refractivity contribution < 1.29 is 9.84 Å². The van der Waals surface area contributed by atoms with Crippen molar-refractivity contribution in [3.05, 3.63) is 30.3 Å². The first kappa shape index (κ1) is 12.4. The summed E-state index contributed by atoms with van der Waals surface area (Å²) in [6.45, 7) is 3.24. The Morgan fingerprint density at radius 1 is 1.29 bits per heavy atom. The molecule has 2 atom stereocenters. The second kappa shape index (κ2) is 6.59. The minimum absolute atomic E-state index is 0.345. The molecule has 1 heterocycles. The Bertz CT molecular complexity index is 312. The number of ether oxygens (including phenoxy) is 1. The lowest BCUT2D eigenvalue weighted by Crippen LogP contribution is -2.49. The van der Waals surface area contributed by atoms with Crippen molar-refractivity contribution in [2.24, 2.45) is 0 Å². The van der Waals surface area contributed by atoms with Crippen LogP contribution in [-0.4, -0.2) is 43.5 Å². The van der Waals surface area contributed by atoms with Crippen molar-refractivity contribution in [2.75, 3.05) is 26.2 Å². The molecule has 17 heavy (non-hydrogen) atoms. The van der Waals surface area contributed by atoms with Crippen LogP contribution in [0.3, 0.4) is 0 Å². The van der Waals surface area contributed by atoms with Crippen LogP contribution >= 0.6 is 0 Å². The Labute approximate surface area is 102 Å². The van der Waals surface area contributed by atoms with Crippen LogP contribution < -0.4 is 15.4 Å². The zero-order chi connectivity index (χ0) is 11.9. The van der Waals surface area contributed by atoms with E-state index in [1.807, 2.05) is 30.3 Å². The number of para-hydroxylation sites is 1. The van der Waals surface area contributed by atoms with Crippen LogP contribution in [0.15, 0.2) is 30.3 Å². The number of aliphatic hydroxyl groups is 1. The fourth-order valence-corrected chi connectivity index (χ4v) is 1.99. The predicted octanol–water partition coefficient (Wildman–Crippen LogP) is 0.378. The number of hydrogen-bond acceptors (Lipinski definition) is 4. The van der Waals surface area contributed by atoms with Gasteiger partial charge in [-0.15, -0.1) is 0 Å². The average Bonchev–Trinajstić information content (AvgIpc) is 2.39. The molecule has 0 radical (unpaired) electrons.